The van der Waals surface area contributed by atoms with E-state index in [1.54, 1.807) is 9.80 Å². The summed E-state index contributed by atoms with van der Waals surface area (Å²) >= 11 is 0. The number of quaternary nitrogens is 2. The summed E-state index contributed by atoms with van der Waals surface area (Å²) in [7, 11) is 0. The van der Waals surface area contributed by atoms with Gasteiger partial charge in [0.2, 0.25) is 0 Å². The molecule has 136 heavy (non-hydrogen) atoms. The van der Waals surface area contributed by atoms with Crippen LogP contribution in [0.5, 0.6) is 46.0 Å². The number of nitro benzene ring substituents is 8. The molecule has 4 saturated carbocycles. The van der Waals surface area contributed by atoms with Crippen LogP contribution in [0.4, 0.5) is 45.5 Å². The Hall–Kier alpha value is -12.8. The van der Waals surface area contributed by atoms with E-state index in [2.05, 4.69) is 81.5 Å². The van der Waals surface area contributed by atoms with Gasteiger partial charge in [-0.1, -0.05) is 148 Å². The molecule has 12 rings (SSSR count). The van der Waals surface area contributed by atoms with Crippen LogP contribution in [0.1, 0.15) is 189 Å². The Labute approximate surface area is 843 Å². The number of aliphatic imine (C=N–C) groups is 8. The summed E-state index contributed by atoms with van der Waals surface area (Å²) in [5, 5.41) is 185. The van der Waals surface area contributed by atoms with E-state index in [1.807, 2.05) is 0 Å². The van der Waals surface area contributed by atoms with E-state index in [1.165, 1.54) is 186 Å². The van der Waals surface area contributed by atoms with E-state index in [-0.39, 0.29) is 169 Å². The van der Waals surface area contributed by atoms with Crippen molar-refractivity contribution in [1.29, 1.82) is 0 Å². The molecule has 0 saturated heterocycles. The molecule has 8 aromatic carbocycles. The number of nitrogens with zero attached hydrogens (tertiary/aromatic N) is 16. The standard InChI is InChI=1S/4C20H20N4O6.2C6H15N.2Dy/c4*25-19-13(5-3-9-17(19)23(27)28)11-21-15-7-1-2-8-16(15)22-12-14-6-4-10-18(20(14)26)24(29)30;2*1-4-7(5-2)6-3;;/h4*3-6,9-12,15-16,25-26H,1-2,7-8H2;2*4-6H2,1-3H3;;/q;;;;;;2*+3/p-6/t4*15-,16-;;;;/m1111..../s1. The van der Waals surface area contributed by atoms with Gasteiger partial charge in [0.05, 0.1) is 127 Å². The zero-order chi connectivity index (χ0) is 98.1. The van der Waals surface area contributed by atoms with Crippen LogP contribution in [0, 0.1) is 157 Å². The molecule has 4 aliphatic rings. The molecule has 4 aliphatic carbocycles. The van der Waals surface area contributed by atoms with Gasteiger partial charge in [0.15, 0.2) is 0 Å². The van der Waals surface area contributed by atoms with Crippen molar-refractivity contribution in [2.45, 2.75) is 193 Å². The first-order valence-electron chi connectivity index (χ1n) is 43.7. The van der Waals surface area contributed by atoms with E-state index in [9.17, 15) is 122 Å². The minimum atomic E-state index is -0.729. The second kappa shape index (κ2) is 58.5. The smallest absolute Gasteiger partial charge is 0.867 e. The van der Waals surface area contributed by atoms with Crippen LogP contribution in [0.25, 0.3) is 0 Å². The molecule has 44 heteroatoms. The minimum absolute atomic E-state index is 0. The Morgan fingerprint density at radius 1 is 0.221 bits per heavy atom. The molecule has 8 atom stereocenters. The Morgan fingerprint density at radius 2 is 0.324 bits per heavy atom. The van der Waals surface area contributed by atoms with Crippen molar-refractivity contribution in [2.24, 2.45) is 39.9 Å². The van der Waals surface area contributed by atoms with Crippen LogP contribution >= 0.6 is 0 Å². The van der Waals surface area contributed by atoms with Crippen LogP contribution < -0.4 is 50.7 Å². The van der Waals surface area contributed by atoms with Gasteiger partial charge < -0.3 is 50.7 Å². The number of benzene rings is 8. The van der Waals surface area contributed by atoms with E-state index < -0.39 is 131 Å². The fourth-order valence-electron chi connectivity index (χ4n) is 15.0. The van der Waals surface area contributed by atoms with Crippen molar-refractivity contribution < 1.29 is 166 Å². The molecule has 8 aromatic rings. The van der Waals surface area contributed by atoms with E-state index in [0.29, 0.717) is 51.4 Å². The first-order valence-corrected chi connectivity index (χ1v) is 43.7. The maximum absolute atomic E-state index is 12.1. The van der Waals surface area contributed by atoms with Crippen LogP contribution in [0.15, 0.2) is 186 Å². The van der Waals surface area contributed by atoms with Gasteiger partial charge >= 0.3 is 76.3 Å². The van der Waals surface area contributed by atoms with Crippen LogP contribution in [-0.2, 0) is 0 Å². The SMILES string of the molecule is CC[NH+](CC)CC.CC[NH+](CC)CC.O=[N+]([O-])c1cccc(C=N[C@@H]2CCCC[C@H]2N=Cc2cccc([N+](=O)[O-])c2[O-])c1[O-].O=[N+]([O-])c1cccc(C=N[C@@H]2CCCC[C@H]2N=Cc2cccc([N+](=O)[O-])c2[O-])c1[O-].O=[N+]([O-])c1cccc(C=N[C@@H]2CCCC[C@H]2N=Cc2cccc([N+](=O)[O-])c2[O-])c1[O-].O=[N+]([O-])c1cccc(C=N[C@@H]2CCCC[C@H]2N=Cc2cccc([N+](=O)[O-])c2[O-])c1[O-].[Dy+3].[Dy+3]. The molecule has 2 radical (unpaired) electrons. The second-order valence-electron chi connectivity index (χ2n) is 31.1. The number of nitro groups is 8. The number of rotatable bonds is 30. The third-order valence-corrected chi connectivity index (χ3v) is 22.8. The van der Waals surface area contributed by atoms with E-state index >= 15 is 0 Å². The topological polar surface area (TPSA) is 637 Å². The van der Waals surface area contributed by atoms with Crippen molar-refractivity contribution in [3.63, 3.8) is 0 Å². The molecule has 726 valence electrons. The summed E-state index contributed by atoms with van der Waals surface area (Å²) in [5.41, 5.74) is -3.08. The van der Waals surface area contributed by atoms with Crippen molar-refractivity contribution in [2.75, 3.05) is 39.3 Å². The molecule has 0 aliphatic heterocycles. The number of para-hydroxylation sites is 8. The molecular formula is C92H104Dy2N18O24. The van der Waals surface area contributed by atoms with Gasteiger partial charge in [-0.25, -0.2) is 0 Å². The molecule has 0 aromatic heterocycles. The average molecular weight is 2170 g/mol. The predicted molar refractivity (Wildman–Crippen MR) is 490 cm³/mol. The molecular weight excluding hydrogens is 2070 g/mol. The summed E-state index contributed by atoms with van der Waals surface area (Å²) in [6, 6.07) is 30.2. The van der Waals surface area contributed by atoms with Crippen molar-refractivity contribution in [1.82, 2.24) is 0 Å². The third kappa shape index (κ3) is 33.9. The van der Waals surface area contributed by atoms with E-state index in [4.69, 9.17) is 0 Å². The van der Waals surface area contributed by atoms with Crippen molar-refractivity contribution in [3.05, 3.63) is 271 Å². The first kappa shape index (κ1) is 114. The summed E-state index contributed by atoms with van der Waals surface area (Å²) in [6.07, 6.45) is 23.6. The van der Waals surface area contributed by atoms with Gasteiger partial charge in [0, 0.05) is 98.2 Å². The third-order valence-electron chi connectivity index (χ3n) is 22.8. The molecule has 0 heterocycles. The minimum Gasteiger partial charge on any atom is -0.867 e. The van der Waals surface area contributed by atoms with Crippen LogP contribution in [0.3, 0.4) is 0 Å². The summed E-state index contributed by atoms with van der Waals surface area (Å²) in [6.45, 7) is 21.0. The number of nitrogens with one attached hydrogen (secondary N) is 2. The second-order valence-corrected chi connectivity index (χ2v) is 31.1. The zero-order valence-corrected chi connectivity index (χ0v) is 79.3. The van der Waals surface area contributed by atoms with Gasteiger partial charge in [-0.05, 0) is 183 Å². The fourth-order valence-corrected chi connectivity index (χ4v) is 15.0. The summed E-state index contributed by atoms with van der Waals surface area (Å²) in [4.78, 5) is 120. The van der Waals surface area contributed by atoms with Gasteiger partial charge in [0.25, 0.3) is 45.5 Å². The van der Waals surface area contributed by atoms with Gasteiger partial charge in [-0.3, -0.25) is 121 Å². The van der Waals surface area contributed by atoms with Crippen LogP contribution in [0.2, 0.25) is 0 Å². The van der Waals surface area contributed by atoms with Crippen LogP contribution in [-0.4, -0.2) is 177 Å². The largest absolute Gasteiger partial charge is 3.00 e. The van der Waals surface area contributed by atoms with Crippen molar-refractivity contribution in [3.8, 4) is 46.0 Å². The zero-order valence-electron chi connectivity index (χ0n) is 75.2. The number of hydrogen-bond acceptors (Lipinski definition) is 32. The Bertz CT molecular complexity index is 4640. The van der Waals surface area contributed by atoms with Crippen molar-refractivity contribution >= 4 is 95.2 Å². The molecule has 0 spiro atoms. The Balaban J connectivity index is 0.000000303. The monoisotopic (exact) mass is 2170 g/mol. The molecule has 4 fully saturated rings. The van der Waals surface area contributed by atoms with Gasteiger partial charge in [-0.2, -0.15) is 0 Å². The Morgan fingerprint density at radius 3 is 0.404 bits per heavy atom. The van der Waals surface area contributed by atoms with Gasteiger partial charge in [0.1, 0.15) is 0 Å². The first-order chi connectivity index (χ1) is 64.2. The molecule has 0 bridgehead atoms. The molecule has 2 N–H and O–H groups in total. The van der Waals surface area contributed by atoms with E-state index in [0.717, 1.165) is 99.9 Å². The fraction of sp³-hybridized carbons (Fsp3) is 0.391. The quantitative estimate of drug-likeness (QED) is 0.0240. The summed E-state index contributed by atoms with van der Waals surface area (Å²) in [5.74, 6) is -5.59. The molecule has 42 nitrogen and oxygen atoms in total. The average Bonchev–Trinajstić information content (AvgIpc) is 0.833. The number of hydrogen-bond donors (Lipinski definition) is 2. The normalized spacial score (nSPS) is 18.1. The maximum atomic E-state index is 12.1. The van der Waals surface area contributed by atoms with Gasteiger partial charge in [-0.15, -0.1) is 0 Å². The maximum Gasteiger partial charge on any atom is 3.00 e. The Kier molecular flexibility index (Phi) is 48.9. The predicted octanol–water partition coefficient (Wildman–Crippen LogP) is 9.86. The molecule has 0 unspecified atom stereocenters. The molecule has 0 amide bonds. The summed E-state index contributed by atoms with van der Waals surface area (Å²) < 4.78 is 0.